The lowest BCUT2D eigenvalue weighted by Gasteiger charge is -2.34. The molecule has 1 fully saturated rings. The van der Waals surface area contributed by atoms with Crippen molar-refractivity contribution in [3.63, 3.8) is 0 Å². The number of nitrogens with zero attached hydrogens (tertiary/aromatic N) is 3. The normalized spacial score (nSPS) is 16.2. The third kappa shape index (κ3) is 4.29. The van der Waals surface area contributed by atoms with Crippen LogP contribution in [0.25, 0.3) is 0 Å². The van der Waals surface area contributed by atoms with Gasteiger partial charge in [-0.05, 0) is 30.3 Å². The van der Waals surface area contributed by atoms with Crippen molar-refractivity contribution in [2.75, 3.05) is 26.2 Å². The molecular weight excluding hydrogens is 419 g/mol. The van der Waals surface area contributed by atoms with E-state index in [-0.39, 0.29) is 36.6 Å². The summed E-state index contributed by atoms with van der Waals surface area (Å²) >= 11 is 5.85. The fraction of sp³-hybridized carbons (Fsp3) is 0.294. The molecule has 0 bridgehead atoms. The van der Waals surface area contributed by atoms with Crippen LogP contribution in [-0.2, 0) is 16.2 Å². The summed E-state index contributed by atoms with van der Waals surface area (Å²) in [6, 6.07) is 7.69. The van der Waals surface area contributed by atoms with Gasteiger partial charge in [-0.3, -0.25) is 9.78 Å². The summed E-state index contributed by atoms with van der Waals surface area (Å²) in [6.45, 7) is 0.350. The number of amides is 1. The maximum Gasteiger partial charge on any atom is 0.433 e. The Hall–Kier alpha value is -2.17. The summed E-state index contributed by atoms with van der Waals surface area (Å²) in [4.78, 5) is 17.2. The van der Waals surface area contributed by atoms with Crippen LogP contribution < -0.4 is 0 Å². The van der Waals surface area contributed by atoms with Crippen LogP contribution in [0.4, 0.5) is 13.2 Å². The lowest BCUT2D eigenvalue weighted by atomic mass is 10.2. The molecule has 1 aliphatic rings. The monoisotopic (exact) mass is 433 g/mol. The number of hydrogen-bond donors (Lipinski definition) is 0. The van der Waals surface area contributed by atoms with Gasteiger partial charge in [-0.25, -0.2) is 8.42 Å². The minimum Gasteiger partial charge on any atom is -0.336 e. The van der Waals surface area contributed by atoms with E-state index < -0.39 is 27.8 Å². The van der Waals surface area contributed by atoms with Gasteiger partial charge in [-0.2, -0.15) is 17.5 Å². The molecule has 1 amide bonds. The van der Waals surface area contributed by atoms with Crippen LogP contribution in [0.15, 0.2) is 47.5 Å². The molecular formula is C17H15ClF3N3O3S. The van der Waals surface area contributed by atoms with Gasteiger partial charge in [0, 0.05) is 37.4 Å². The van der Waals surface area contributed by atoms with E-state index in [2.05, 4.69) is 4.98 Å². The molecule has 6 nitrogen and oxygen atoms in total. The SMILES string of the molecule is O=C(c1ccc(C(F)(F)F)nc1)N1CCN(S(=O)(=O)c2cccc(Cl)c2)CC1. The summed E-state index contributed by atoms with van der Waals surface area (Å²) in [5, 5.41) is 0.296. The highest BCUT2D eigenvalue weighted by molar-refractivity contribution is 7.89. The standard InChI is InChI=1S/C17H15ClF3N3O3S/c18-13-2-1-3-14(10-13)28(26,27)24-8-6-23(7-9-24)16(25)12-4-5-15(22-11-12)17(19,20)21/h1-5,10-11H,6-9H2. The Morgan fingerprint density at radius 1 is 1.07 bits per heavy atom. The van der Waals surface area contributed by atoms with Crippen LogP contribution in [0.1, 0.15) is 16.1 Å². The molecule has 1 saturated heterocycles. The highest BCUT2D eigenvalue weighted by Gasteiger charge is 2.33. The number of aromatic nitrogens is 1. The van der Waals surface area contributed by atoms with Gasteiger partial charge >= 0.3 is 6.18 Å². The van der Waals surface area contributed by atoms with Gasteiger partial charge in [0.15, 0.2) is 0 Å². The number of rotatable bonds is 3. The van der Waals surface area contributed by atoms with Crippen molar-refractivity contribution in [1.82, 2.24) is 14.2 Å². The maximum absolute atomic E-state index is 12.7. The minimum atomic E-state index is -4.58. The Balaban J connectivity index is 1.67. The smallest absolute Gasteiger partial charge is 0.336 e. The van der Waals surface area contributed by atoms with Gasteiger partial charge in [0.05, 0.1) is 10.5 Å². The van der Waals surface area contributed by atoms with Crippen molar-refractivity contribution in [2.24, 2.45) is 0 Å². The minimum absolute atomic E-state index is 0.0131. The van der Waals surface area contributed by atoms with Gasteiger partial charge in [-0.15, -0.1) is 0 Å². The highest BCUT2D eigenvalue weighted by atomic mass is 35.5. The zero-order valence-corrected chi connectivity index (χ0v) is 15.9. The molecule has 150 valence electrons. The number of sulfonamides is 1. The number of pyridine rings is 1. The summed E-state index contributed by atoms with van der Waals surface area (Å²) in [5.74, 6) is -0.499. The molecule has 1 aliphatic heterocycles. The molecule has 1 aromatic heterocycles. The summed E-state index contributed by atoms with van der Waals surface area (Å²) < 4.78 is 64.3. The van der Waals surface area contributed by atoms with E-state index in [9.17, 15) is 26.4 Å². The third-order valence-corrected chi connectivity index (χ3v) is 6.39. The van der Waals surface area contributed by atoms with Crippen LogP contribution in [0.5, 0.6) is 0 Å². The van der Waals surface area contributed by atoms with Crippen LogP contribution in [0, 0.1) is 0 Å². The number of carbonyl (C=O) groups excluding carboxylic acids is 1. The van der Waals surface area contributed by atoms with E-state index in [1.807, 2.05) is 0 Å². The van der Waals surface area contributed by atoms with Crippen LogP contribution in [-0.4, -0.2) is 54.7 Å². The largest absolute Gasteiger partial charge is 0.433 e. The number of benzene rings is 1. The second-order valence-corrected chi connectivity index (χ2v) is 8.46. The summed E-state index contributed by atoms with van der Waals surface area (Å²) in [7, 11) is -3.75. The zero-order chi connectivity index (χ0) is 20.5. The average molecular weight is 434 g/mol. The molecule has 0 spiro atoms. The molecule has 3 rings (SSSR count). The molecule has 2 heterocycles. The van der Waals surface area contributed by atoms with Gasteiger partial charge in [0.2, 0.25) is 10.0 Å². The lowest BCUT2D eigenvalue weighted by Crippen LogP contribution is -2.50. The Kier molecular flexibility index (Phi) is 5.64. The van der Waals surface area contributed by atoms with E-state index in [4.69, 9.17) is 11.6 Å². The molecule has 0 atom stereocenters. The van der Waals surface area contributed by atoms with Gasteiger partial charge in [0.1, 0.15) is 5.69 Å². The van der Waals surface area contributed by atoms with Crippen molar-refractivity contribution in [1.29, 1.82) is 0 Å². The van der Waals surface area contributed by atoms with E-state index in [1.165, 1.54) is 27.4 Å². The Labute approximate surface area is 164 Å². The number of hydrogen-bond acceptors (Lipinski definition) is 4. The fourth-order valence-corrected chi connectivity index (χ4v) is 4.50. The molecule has 0 saturated carbocycles. The number of halogens is 4. The van der Waals surface area contributed by atoms with Crippen LogP contribution in [0.3, 0.4) is 0 Å². The Bertz CT molecular complexity index is 973. The van der Waals surface area contributed by atoms with E-state index >= 15 is 0 Å². The predicted octanol–water partition coefficient (Wildman–Crippen LogP) is 2.90. The van der Waals surface area contributed by atoms with E-state index in [0.717, 1.165) is 18.3 Å². The van der Waals surface area contributed by atoms with Gasteiger partial charge in [0.25, 0.3) is 5.91 Å². The van der Waals surface area contributed by atoms with Gasteiger partial charge < -0.3 is 4.90 Å². The number of alkyl halides is 3. The topological polar surface area (TPSA) is 70.6 Å². The molecule has 0 unspecified atom stereocenters. The molecule has 0 N–H and O–H groups in total. The van der Waals surface area contributed by atoms with Gasteiger partial charge in [-0.1, -0.05) is 17.7 Å². The predicted molar refractivity (Wildman–Crippen MR) is 95.4 cm³/mol. The molecule has 0 aliphatic carbocycles. The zero-order valence-electron chi connectivity index (χ0n) is 14.4. The molecule has 28 heavy (non-hydrogen) atoms. The highest BCUT2D eigenvalue weighted by Crippen LogP contribution is 2.27. The first-order valence-corrected chi connectivity index (χ1v) is 9.99. The fourth-order valence-electron chi connectivity index (χ4n) is 2.78. The number of piperazine rings is 1. The van der Waals surface area contributed by atoms with Crippen molar-refractivity contribution in [3.05, 3.63) is 58.9 Å². The molecule has 2 aromatic rings. The average Bonchev–Trinajstić information content (AvgIpc) is 2.67. The van der Waals surface area contributed by atoms with E-state index in [0.29, 0.717) is 5.02 Å². The quantitative estimate of drug-likeness (QED) is 0.746. The molecule has 1 aromatic carbocycles. The van der Waals surface area contributed by atoms with Crippen LogP contribution >= 0.6 is 11.6 Å². The first-order valence-electron chi connectivity index (χ1n) is 8.17. The van der Waals surface area contributed by atoms with Crippen molar-refractivity contribution >= 4 is 27.5 Å². The first kappa shape index (κ1) is 20.6. The van der Waals surface area contributed by atoms with Crippen LogP contribution in [0.2, 0.25) is 5.02 Å². The maximum atomic E-state index is 12.7. The molecule has 0 radical (unpaired) electrons. The van der Waals surface area contributed by atoms with Crippen molar-refractivity contribution in [2.45, 2.75) is 11.1 Å². The third-order valence-electron chi connectivity index (χ3n) is 4.26. The Morgan fingerprint density at radius 3 is 2.29 bits per heavy atom. The molecule has 11 heteroatoms. The van der Waals surface area contributed by atoms with E-state index in [1.54, 1.807) is 6.07 Å². The lowest BCUT2D eigenvalue weighted by molar-refractivity contribution is -0.141. The second-order valence-electron chi connectivity index (χ2n) is 6.08. The van der Waals surface area contributed by atoms with Crippen molar-refractivity contribution in [3.8, 4) is 0 Å². The Morgan fingerprint density at radius 2 is 1.75 bits per heavy atom. The number of carbonyl (C=O) groups is 1. The summed E-state index contributed by atoms with van der Waals surface area (Å²) in [5.41, 5.74) is -1.07. The summed E-state index contributed by atoms with van der Waals surface area (Å²) in [6.07, 6.45) is -3.71. The first-order chi connectivity index (χ1) is 13.1. The van der Waals surface area contributed by atoms with Crippen molar-refractivity contribution < 1.29 is 26.4 Å². The second kappa shape index (κ2) is 7.69.